The normalized spacial score (nSPS) is 9.69. The molecule has 0 fully saturated rings. The van der Waals surface area contributed by atoms with Crippen molar-refractivity contribution in [3.8, 4) is 0 Å². The zero-order chi connectivity index (χ0) is 9.84. The lowest BCUT2D eigenvalue weighted by atomic mass is 10.0. The van der Waals surface area contributed by atoms with Crippen molar-refractivity contribution in [3.05, 3.63) is 35.9 Å². The third-order valence-electron chi connectivity index (χ3n) is 2.10. The van der Waals surface area contributed by atoms with Gasteiger partial charge in [-0.2, -0.15) is 0 Å². The van der Waals surface area contributed by atoms with Gasteiger partial charge < -0.3 is 0 Å². The van der Waals surface area contributed by atoms with E-state index < -0.39 is 0 Å². The van der Waals surface area contributed by atoms with Gasteiger partial charge in [0.05, 0.1) is 5.69 Å². The van der Waals surface area contributed by atoms with Crippen LogP contribution in [0.15, 0.2) is 29.8 Å². The zero-order valence-corrected chi connectivity index (χ0v) is 8.30. The van der Waals surface area contributed by atoms with Gasteiger partial charge in [-0.3, -0.25) is 4.99 Å². The summed E-state index contributed by atoms with van der Waals surface area (Å²) in [4.78, 5) is 3.96. The van der Waals surface area contributed by atoms with E-state index in [1.807, 2.05) is 13.0 Å². The molecule has 1 rings (SSSR count). The summed E-state index contributed by atoms with van der Waals surface area (Å²) in [6, 6.07) is 6.21. The Morgan fingerprint density at radius 2 is 2.15 bits per heavy atom. The van der Waals surface area contributed by atoms with Crippen molar-refractivity contribution in [2.24, 2.45) is 4.99 Å². The van der Waals surface area contributed by atoms with E-state index in [1.165, 1.54) is 5.56 Å². The second-order valence-corrected chi connectivity index (χ2v) is 3.14. The van der Waals surface area contributed by atoms with Crippen LogP contribution in [0, 0.1) is 0 Å². The van der Waals surface area contributed by atoms with Crippen LogP contribution >= 0.6 is 0 Å². The van der Waals surface area contributed by atoms with Crippen molar-refractivity contribution in [1.82, 2.24) is 0 Å². The largest absolute Gasteiger partial charge is 0.264 e. The van der Waals surface area contributed by atoms with E-state index in [4.69, 9.17) is 0 Å². The molecule has 0 heterocycles. The molecule has 1 nitrogen and oxygen atoms in total. The fourth-order valence-corrected chi connectivity index (χ4v) is 1.28. The van der Waals surface area contributed by atoms with E-state index in [1.54, 1.807) is 0 Å². The first kappa shape index (κ1) is 9.72. The highest BCUT2D eigenvalue weighted by molar-refractivity contribution is 5.73. The van der Waals surface area contributed by atoms with E-state index in [0.717, 1.165) is 23.2 Å². The van der Waals surface area contributed by atoms with Gasteiger partial charge in [0.1, 0.15) is 0 Å². The summed E-state index contributed by atoms with van der Waals surface area (Å²) in [5.74, 6) is 0. The molecular weight excluding hydrogens is 158 g/mol. The van der Waals surface area contributed by atoms with Gasteiger partial charge in [0, 0.05) is 5.56 Å². The van der Waals surface area contributed by atoms with Crippen molar-refractivity contribution in [2.45, 2.75) is 20.3 Å². The third-order valence-corrected chi connectivity index (χ3v) is 2.10. The van der Waals surface area contributed by atoms with E-state index in [9.17, 15) is 0 Å². The molecule has 0 saturated carbocycles. The average Bonchev–Trinajstić information content (AvgIpc) is 2.16. The minimum absolute atomic E-state index is 0.921. The summed E-state index contributed by atoms with van der Waals surface area (Å²) in [7, 11) is 0. The Balaban J connectivity index is 3.25. The number of rotatable bonds is 3. The van der Waals surface area contributed by atoms with Crippen LogP contribution in [0.5, 0.6) is 0 Å². The van der Waals surface area contributed by atoms with Gasteiger partial charge in [-0.1, -0.05) is 19.6 Å². The van der Waals surface area contributed by atoms with Crippen molar-refractivity contribution in [3.63, 3.8) is 0 Å². The summed E-state index contributed by atoms with van der Waals surface area (Å²) in [6.45, 7) is 11.6. The van der Waals surface area contributed by atoms with E-state index in [2.05, 4.69) is 37.3 Å². The molecule has 0 spiro atoms. The predicted molar refractivity (Wildman–Crippen MR) is 59.7 cm³/mol. The molecule has 0 aliphatic carbocycles. The Bertz CT molecular complexity index is 337. The lowest BCUT2D eigenvalue weighted by Gasteiger charge is -2.06. The van der Waals surface area contributed by atoms with Crippen molar-refractivity contribution < 1.29 is 0 Å². The summed E-state index contributed by atoms with van der Waals surface area (Å²) in [5, 5.41) is 0. The van der Waals surface area contributed by atoms with Crippen LogP contribution in [0.3, 0.4) is 0 Å². The molecule has 13 heavy (non-hydrogen) atoms. The van der Waals surface area contributed by atoms with Gasteiger partial charge in [0.25, 0.3) is 0 Å². The quantitative estimate of drug-likeness (QED) is 0.619. The third kappa shape index (κ3) is 2.05. The highest BCUT2D eigenvalue weighted by atomic mass is 14.7. The second kappa shape index (κ2) is 4.04. The molecule has 0 aliphatic rings. The predicted octanol–water partition coefficient (Wildman–Crippen LogP) is 3.61. The Morgan fingerprint density at radius 1 is 1.46 bits per heavy atom. The molecule has 0 amide bonds. The van der Waals surface area contributed by atoms with Crippen molar-refractivity contribution in [1.29, 1.82) is 0 Å². The lowest BCUT2D eigenvalue weighted by Crippen LogP contribution is -1.84. The smallest absolute Gasteiger partial charge is 0.0697 e. The fraction of sp³-hybridized carbons (Fsp3) is 0.250. The first-order chi connectivity index (χ1) is 6.19. The number of benzene rings is 1. The molecule has 0 saturated heterocycles. The zero-order valence-electron chi connectivity index (χ0n) is 8.30. The maximum Gasteiger partial charge on any atom is 0.0697 e. The Hall–Kier alpha value is -1.37. The highest BCUT2D eigenvalue weighted by Crippen LogP contribution is 2.26. The topological polar surface area (TPSA) is 12.4 Å². The maximum atomic E-state index is 3.96. The molecule has 0 aliphatic heterocycles. The number of nitrogens with zero attached hydrogens (tertiary/aromatic N) is 1. The first-order valence-corrected chi connectivity index (χ1v) is 4.44. The van der Waals surface area contributed by atoms with Crippen molar-refractivity contribution in [2.75, 3.05) is 0 Å². The average molecular weight is 173 g/mol. The van der Waals surface area contributed by atoms with Crippen LogP contribution in [0.4, 0.5) is 5.69 Å². The minimum Gasteiger partial charge on any atom is -0.264 e. The lowest BCUT2D eigenvalue weighted by molar-refractivity contribution is 1.14. The molecule has 1 heteroatoms. The van der Waals surface area contributed by atoms with Gasteiger partial charge in [-0.05, 0) is 43.3 Å². The number of aliphatic imine (C=N–C) groups is 1. The molecule has 0 N–H and O–H groups in total. The molecule has 0 radical (unpaired) electrons. The van der Waals surface area contributed by atoms with Gasteiger partial charge in [-0.25, -0.2) is 0 Å². The van der Waals surface area contributed by atoms with Crippen LogP contribution in [0.2, 0.25) is 0 Å². The van der Waals surface area contributed by atoms with E-state index in [0.29, 0.717) is 0 Å². The van der Waals surface area contributed by atoms with Gasteiger partial charge in [0.15, 0.2) is 0 Å². The second-order valence-electron chi connectivity index (χ2n) is 3.14. The fourth-order valence-electron chi connectivity index (χ4n) is 1.28. The van der Waals surface area contributed by atoms with Gasteiger partial charge >= 0.3 is 0 Å². The van der Waals surface area contributed by atoms with Crippen LogP contribution in [0.25, 0.3) is 5.57 Å². The maximum absolute atomic E-state index is 3.96. The van der Waals surface area contributed by atoms with Gasteiger partial charge in [0.2, 0.25) is 0 Å². The molecule has 0 unspecified atom stereocenters. The molecule has 1 aromatic carbocycles. The number of hydrogen-bond acceptors (Lipinski definition) is 1. The van der Waals surface area contributed by atoms with E-state index in [-0.39, 0.29) is 0 Å². The molecule has 0 aromatic heterocycles. The summed E-state index contributed by atoms with van der Waals surface area (Å²) < 4.78 is 0. The molecule has 1 aromatic rings. The summed E-state index contributed by atoms with van der Waals surface area (Å²) in [5.41, 5.74) is 4.38. The molecular formula is C12H15N. The van der Waals surface area contributed by atoms with Crippen LogP contribution in [0.1, 0.15) is 25.0 Å². The molecule has 0 bridgehead atoms. The number of hydrogen-bond donors (Lipinski definition) is 0. The minimum atomic E-state index is 0.921. The first-order valence-electron chi connectivity index (χ1n) is 4.44. The monoisotopic (exact) mass is 173 g/mol. The highest BCUT2D eigenvalue weighted by Gasteiger charge is 2.01. The summed E-state index contributed by atoms with van der Waals surface area (Å²) >= 11 is 0. The summed E-state index contributed by atoms with van der Waals surface area (Å²) in [6.07, 6.45) is 1.04. The van der Waals surface area contributed by atoms with Crippen LogP contribution < -0.4 is 0 Å². The molecule has 0 atom stereocenters. The Morgan fingerprint density at radius 3 is 2.62 bits per heavy atom. The standard InChI is InChI=1S/C12H15N/c1-5-10-6-7-12(13-4)11(8-10)9(2)3/h6-8H,2,4-5H2,1,3H3. The van der Waals surface area contributed by atoms with Crippen LogP contribution in [-0.4, -0.2) is 6.72 Å². The number of aryl methyl sites for hydroxylation is 1. The van der Waals surface area contributed by atoms with Crippen molar-refractivity contribution >= 4 is 18.0 Å². The van der Waals surface area contributed by atoms with Gasteiger partial charge in [-0.15, -0.1) is 0 Å². The van der Waals surface area contributed by atoms with E-state index >= 15 is 0 Å². The molecule has 68 valence electrons. The number of allylic oxidation sites excluding steroid dienone is 1. The van der Waals surface area contributed by atoms with Crippen LogP contribution in [-0.2, 0) is 6.42 Å². The Labute approximate surface area is 79.8 Å². The Kier molecular flexibility index (Phi) is 3.02. The SMILES string of the molecule is C=Nc1ccc(CC)cc1C(=C)C.